The number of ether oxygens (including phenoxy) is 1. The second kappa shape index (κ2) is 8.71. The number of nitrogens with one attached hydrogen (secondary N) is 1. The Balaban J connectivity index is 1.26. The fourth-order valence-corrected chi connectivity index (χ4v) is 5.49. The van der Waals surface area contributed by atoms with E-state index in [1.807, 2.05) is 0 Å². The van der Waals surface area contributed by atoms with E-state index in [1.165, 1.54) is 13.2 Å². The maximum atomic E-state index is 15.3. The van der Waals surface area contributed by atoms with Gasteiger partial charge in [-0.05, 0) is 55.4 Å². The van der Waals surface area contributed by atoms with Gasteiger partial charge in [0, 0.05) is 35.8 Å². The van der Waals surface area contributed by atoms with E-state index >= 15 is 4.39 Å². The molecule has 2 aromatic heterocycles. The molecule has 2 bridgehead atoms. The lowest BCUT2D eigenvalue weighted by atomic mass is 9.96. The van der Waals surface area contributed by atoms with Crippen molar-refractivity contribution < 1.29 is 18.6 Å². The zero-order chi connectivity index (χ0) is 24.1. The van der Waals surface area contributed by atoms with Crippen LogP contribution in [-0.2, 0) is 0 Å². The van der Waals surface area contributed by atoms with Gasteiger partial charge in [0.25, 0.3) is 0 Å². The van der Waals surface area contributed by atoms with Gasteiger partial charge in [0.1, 0.15) is 17.7 Å². The number of hydrogen-bond acceptors (Lipinski definition) is 7. The van der Waals surface area contributed by atoms with E-state index in [0.717, 1.165) is 32.1 Å². The van der Waals surface area contributed by atoms with Crippen LogP contribution in [0.4, 0.5) is 14.6 Å². The summed E-state index contributed by atoms with van der Waals surface area (Å²) in [5.74, 6) is 0.170. The van der Waals surface area contributed by atoms with Crippen molar-refractivity contribution in [3.05, 3.63) is 48.7 Å². The Bertz CT molecular complexity index is 1240. The topological polar surface area (TPSA) is 83.4 Å². The predicted molar refractivity (Wildman–Crippen MR) is 128 cm³/mol. The van der Waals surface area contributed by atoms with Gasteiger partial charge >= 0.3 is 0 Å². The standard InChI is InChI=1S/C26H27F2N5O2/c1-35-25-10-15(9-23(27)32-25)14-2-6-18(22(34)8-14)20-12-30-24(13-29-20)33(17-4-5-17)21-11-16-3-7-19(31-16)26(21)28/h2,6,8-10,12-13,16-17,19,21,26,31,34H,3-5,7,11H2,1H3/t16?,19?,21-,26+/m0/s1. The second-order valence-corrected chi connectivity index (χ2v) is 9.65. The fourth-order valence-electron chi connectivity index (χ4n) is 5.49. The number of rotatable bonds is 6. The van der Waals surface area contributed by atoms with Crippen molar-refractivity contribution in [2.45, 2.75) is 62.4 Å². The maximum Gasteiger partial charge on any atom is 0.216 e. The number of alkyl halides is 1. The number of methoxy groups -OCH3 is 1. The Morgan fingerprint density at radius 3 is 2.63 bits per heavy atom. The summed E-state index contributed by atoms with van der Waals surface area (Å²) in [6.07, 6.45) is 7.15. The minimum Gasteiger partial charge on any atom is -0.507 e. The first-order valence-corrected chi connectivity index (χ1v) is 12.1. The number of hydrogen-bond donors (Lipinski definition) is 2. The monoisotopic (exact) mass is 479 g/mol. The fraction of sp³-hybridized carbons (Fsp3) is 0.423. The lowest BCUT2D eigenvalue weighted by molar-refractivity contribution is 0.171. The smallest absolute Gasteiger partial charge is 0.216 e. The van der Waals surface area contributed by atoms with Crippen molar-refractivity contribution in [1.29, 1.82) is 0 Å². The summed E-state index contributed by atoms with van der Waals surface area (Å²) < 4.78 is 34.1. The molecule has 3 aliphatic rings. The summed E-state index contributed by atoms with van der Waals surface area (Å²) >= 11 is 0. The summed E-state index contributed by atoms with van der Waals surface area (Å²) in [4.78, 5) is 15.0. The van der Waals surface area contributed by atoms with Crippen molar-refractivity contribution in [3.8, 4) is 34.0 Å². The molecule has 6 rings (SSSR count). The highest BCUT2D eigenvalue weighted by atomic mass is 19.1. The first kappa shape index (κ1) is 22.2. The number of halogens is 2. The first-order valence-electron chi connectivity index (χ1n) is 12.1. The lowest BCUT2D eigenvalue weighted by Crippen LogP contribution is -2.57. The van der Waals surface area contributed by atoms with E-state index < -0.39 is 12.1 Å². The van der Waals surface area contributed by atoms with Crippen molar-refractivity contribution in [3.63, 3.8) is 0 Å². The van der Waals surface area contributed by atoms with E-state index in [4.69, 9.17) is 4.74 Å². The van der Waals surface area contributed by atoms with Gasteiger partial charge in [-0.2, -0.15) is 9.37 Å². The SMILES string of the molecule is COc1cc(-c2ccc(-c3cnc(N(C4CC4)[C@H]4CC5CCC(N5)[C@H]4F)cn3)c(O)c2)cc(F)n1. The van der Waals surface area contributed by atoms with E-state index in [1.54, 1.807) is 36.7 Å². The highest BCUT2D eigenvalue weighted by Crippen LogP contribution is 2.40. The number of piperidine rings is 1. The van der Waals surface area contributed by atoms with Crippen molar-refractivity contribution >= 4 is 5.82 Å². The Labute approximate surface area is 202 Å². The van der Waals surface area contributed by atoms with Crippen LogP contribution in [-0.4, -0.2) is 57.5 Å². The number of aromatic nitrogens is 3. The number of benzene rings is 1. The predicted octanol–water partition coefficient (Wildman–Crippen LogP) is 4.26. The van der Waals surface area contributed by atoms with Crippen molar-refractivity contribution in [2.75, 3.05) is 12.0 Å². The van der Waals surface area contributed by atoms with Crippen LogP contribution in [0.3, 0.4) is 0 Å². The Morgan fingerprint density at radius 2 is 1.91 bits per heavy atom. The summed E-state index contributed by atoms with van der Waals surface area (Å²) in [5, 5.41) is 14.1. The molecule has 2 unspecified atom stereocenters. The molecule has 4 atom stereocenters. The zero-order valence-electron chi connectivity index (χ0n) is 19.4. The second-order valence-electron chi connectivity index (χ2n) is 9.65. The maximum absolute atomic E-state index is 15.3. The number of fused-ring (bicyclic) bond motifs is 2. The summed E-state index contributed by atoms with van der Waals surface area (Å²) in [6.45, 7) is 0. The van der Waals surface area contributed by atoms with E-state index in [0.29, 0.717) is 40.3 Å². The largest absolute Gasteiger partial charge is 0.507 e. The highest BCUT2D eigenvalue weighted by molar-refractivity contribution is 5.74. The van der Waals surface area contributed by atoms with Crippen LogP contribution in [0.25, 0.3) is 22.4 Å². The molecule has 2 aliphatic heterocycles. The molecule has 1 aliphatic carbocycles. The first-order chi connectivity index (χ1) is 17.0. The van der Waals surface area contributed by atoms with E-state index in [9.17, 15) is 9.50 Å². The number of pyridine rings is 1. The third-order valence-electron chi connectivity index (χ3n) is 7.34. The molecular weight excluding hydrogens is 452 g/mol. The molecule has 0 radical (unpaired) electrons. The van der Waals surface area contributed by atoms with Gasteiger partial charge < -0.3 is 20.1 Å². The van der Waals surface area contributed by atoms with Gasteiger partial charge in [-0.3, -0.25) is 4.98 Å². The number of aromatic hydroxyl groups is 1. The van der Waals surface area contributed by atoms with Crippen LogP contribution in [0, 0.1) is 5.95 Å². The molecule has 0 spiro atoms. The third kappa shape index (κ3) is 4.18. The van der Waals surface area contributed by atoms with Crippen LogP contribution in [0.5, 0.6) is 11.6 Å². The van der Waals surface area contributed by atoms with Gasteiger partial charge in [0.2, 0.25) is 11.8 Å². The average Bonchev–Trinajstić information content (AvgIpc) is 3.62. The number of phenols is 1. The molecule has 182 valence electrons. The molecule has 35 heavy (non-hydrogen) atoms. The molecule has 3 aromatic rings. The summed E-state index contributed by atoms with van der Waals surface area (Å²) in [7, 11) is 1.42. The van der Waals surface area contributed by atoms with Crippen molar-refractivity contribution in [2.24, 2.45) is 0 Å². The molecule has 7 nitrogen and oxygen atoms in total. The Hall–Kier alpha value is -3.33. The molecule has 1 saturated carbocycles. The Morgan fingerprint density at radius 1 is 1.06 bits per heavy atom. The lowest BCUT2D eigenvalue weighted by Gasteiger charge is -2.41. The number of anilines is 1. The van der Waals surface area contributed by atoms with Crippen LogP contribution in [0.15, 0.2) is 42.7 Å². The molecular formula is C26H27F2N5O2. The van der Waals surface area contributed by atoms with Crippen LogP contribution >= 0.6 is 0 Å². The van der Waals surface area contributed by atoms with Crippen LogP contribution in [0.2, 0.25) is 0 Å². The zero-order valence-corrected chi connectivity index (χ0v) is 19.4. The molecule has 1 aromatic carbocycles. The normalized spacial score (nSPS) is 25.5. The van der Waals surface area contributed by atoms with Gasteiger partial charge in [0.05, 0.1) is 31.2 Å². The third-order valence-corrected chi connectivity index (χ3v) is 7.34. The van der Waals surface area contributed by atoms with E-state index in [2.05, 4.69) is 25.2 Å². The molecule has 9 heteroatoms. The quantitative estimate of drug-likeness (QED) is 0.511. The van der Waals surface area contributed by atoms with E-state index in [-0.39, 0.29) is 23.7 Å². The molecule has 0 amide bonds. The highest BCUT2D eigenvalue weighted by Gasteiger charge is 2.48. The summed E-state index contributed by atoms with van der Waals surface area (Å²) in [5.41, 5.74) is 2.17. The average molecular weight is 480 g/mol. The van der Waals surface area contributed by atoms with Gasteiger partial charge in [-0.15, -0.1) is 0 Å². The van der Waals surface area contributed by atoms with Crippen LogP contribution < -0.4 is 15.0 Å². The minimum atomic E-state index is -0.927. The van der Waals surface area contributed by atoms with Gasteiger partial charge in [-0.1, -0.05) is 6.07 Å². The van der Waals surface area contributed by atoms with Crippen molar-refractivity contribution in [1.82, 2.24) is 20.3 Å². The summed E-state index contributed by atoms with van der Waals surface area (Å²) in [6, 6.07) is 8.34. The molecule has 2 saturated heterocycles. The van der Waals surface area contributed by atoms with Gasteiger partial charge in [-0.25, -0.2) is 9.37 Å². The van der Waals surface area contributed by atoms with Crippen LogP contribution in [0.1, 0.15) is 32.1 Å². The van der Waals surface area contributed by atoms with Gasteiger partial charge in [0.15, 0.2) is 0 Å². The number of phenolic OH excluding ortho intramolecular Hbond substituents is 1. The molecule has 2 N–H and O–H groups in total. The molecule has 4 heterocycles. The number of nitrogens with zero attached hydrogens (tertiary/aromatic N) is 4. The minimum absolute atomic E-state index is 0.00135. The molecule has 3 fully saturated rings. The Kier molecular flexibility index (Phi) is 5.51.